The van der Waals surface area contributed by atoms with Crippen molar-refractivity contribution < 1.29 is 0 Å². The molecule has 0 saturated heterocycles. The molecular formula is C60H42N6. The Morgan fingerprint density at radius 2 is 0.682 bits per heavy atom. The average Bonchev–Trinajstić information content (AvgIpc) is 3.38. The van der Waals surface area contributed by atoms with Crippen molar-refractivity contribution in [3.05, 3.63) is 230 Å². The van der Waals surface area contributed by atoms with Gasteiger partial charge in [-0.15, -0.1) is 0 Å². The van der Waals surface area contributed by atoms with E-state index in [9.17, 15) is 0 Å². The molecule has 3 heterocycles. The van der Waals surface area contributed by atoms with E-state index in [1.165, 1.54) is 5.39 Å². The van der Waals surface area contributed by atoms with Gasteiger partial charge in [0.05, 0.1) is 11.4 Å². The summed E-state index contributed by atoms with van der Waals surface area (Å²) in [5.74, 6) is 2.54. The molecule has 11 rings (SSSR count). The predicted molar refractivity (Wildman–Crippen MR) is 269 cm³/mol. The van der Waals surface area contributed by atoms with Crippen molar-refractivity contribution in [1.29, 1.82) is 0 Å². The van der Waals surface area contributed by atoms with Crippen LogP contribution in [-0.4, -0.2) is 29.9 Å². The minimum absolute atomic E-state index is 0.614. The van der Waals surface area contributed by atoms with E-state index >= 15 is 0 Å². The lowest BCUT2D eigenvalue weighted by Crippen LogP contribution is -2.00. The summed E-state index contributed by atoms with van der Waals surface area (Å²) < 4.78 is 0. The molecule has 3 aromatic heterocycles. The predicted octanol–water partition coefficient (Wildman–Crippen LogP) is 14.8. The first-order valence-corrected chi connectivity index (χ1v) is 22.1. The summed E-state index contributed by atoms with van der Waals surface area (Å²) in [7, 11) is 0. The zero-order valence-corrected chi connectivity index (χ0v) is 36.5. The Bertz CT molecular complexity index is 3460. The van der Waals surface area contributed by atoms with Crippen LogP contribution in [-0.2, 0) is 0 Å². The van der Waals surface area contributed by atoms with Gasteiger partial charge in [0.2, 0.25) is 0 Å². The molecule has 66 heavy (non-hydrogen) atoms. The second-order valence-corrected chi connectivity index (χ2v) is 16.5. The van der Waals surface area contributed by atoms with Gasteiger partial charge in [0.1, 0.15) is 0 Å². The smallest absolute Gasteiger partial charge is 0.164 e. The number of benzene rings is 8. The van der Waals surface area contributed by atoms with Crippen molar-refractivity contribution in [3.8, 4) is 101 Å². The van der Waals surface area contributed by atoms with Crippen molar-refractivity contribution in [1.82, 2.24) is 29.9 Å². The molecule has 0 bridgehead atoms. The molecule has 0 aliphatic rings. The van der Waals surface area contributed by atoms with Gasteiger partial charge in [-0.3, -0.25) is 4.98 Å². The van der Waals surface area contributed by atoms with Crippen LogP contribution in [0.1, 0.15) is 11.4 Å². The van der Waals surface area contributed by atoms with Crippen molar-refractivity contribution in [2.45, 2.75) is 13.8 Å². The molecule has 0 N–H and O–H groups in total. The number of nitrogens with zero attached hydrogens (tertiary/aromatic N) is 6. The lowest BCUT2D eigenvalue weighted by atomic mass is 9.88. The largest absolute Gasteiger partial charge is 0.258 e. The Labute approximate surface area is 384 Å². The maximum Gasteiger partial charge on any atom is 0.164 e. The summed E-state index contributed by atoms with van der Waals surface area (Å²) in [6, 6.07) is 75.5. The molecule has 6 nitrogen and oxygen atoms in total. The van der Waals surface area contributed by atoms with Crippen LogP contribution in [0.5, 0.6) is 0 Å². The van der Waals surface area contributed by atoms with Gasteiger partial charge in [-0.25, -0.2) is 24.9 Å². The summed E-state index contributed by atoms with van der Waals surface area (Å²) in [5.41, 5.74) is 15.9. The lowest BCUT2D eigenvalue weighted by Gasteiger charge is -2.17. The minimum Gasteiger partial charge on any atom is -0.258 e. The molecule has 0 unspecified atom stereocenters. The summed E-state index contributed by atoms with van der Waals surface area (Å²) in [6.45, 7) is 4.10. The highest BCUT2D eigenvalue weighted by Crippen LogP contribution is 2.41. The molecule has 312 valence electrons. The van der Waals surface area contributed by atoms with E-state index in [-0.39, 0.29) is 0 Å². The normalized spacial score (nSPS) is 11.2. The molecule has 0 amide bonds. The van der Waals surface area contributed by atoms with Crippen LogP contribution in [0.15, 0.2) is 218 Å². The van der Waals surface area contributed by atoms with E-state index in [2.05, 4.69) is 166 Å². The Morgan fingerprint density at radius 3 is 1.30 bits per heavy atom. The average molecular weight is 847 g/mol. The highest BCUT2D eigenvalue weighted by atomic mass is 15.0. The van der Waals surface area contributed by atoms with Crippen molar-refractivity contribution in [3.63, 3.8) is 0 Å². The lowest BCUT2D eigenvalue weighted by molar-refractivity contribution is 1.07. The molecule has 0 spiro atoms. The maximum atomic E-state index is 5.24. The number of aryl methyl sites for hydroxylation is 2. The highest BCUT2D eigenvalue weighted by molar-refractivity contribution is 5.93. The quantitative estimate of drug-likeness (QED) is 0.144. The van der Waals surface area contributed by atoms with Gasteiger partial charge in [-0.05, 0) is 88.3 Å². The summed E-state index contributed by atoms with van der Waals surface area (Å²) in [5, 5.41) is 2.31. The van der Waals surface area contributed by atoms with Gasteiger partial charge in [-0.2, -0.15) is 0 Å². The molecule has 0 radical (unpaired) electrons. The number of pyridine rings is 1. The first-order chi connectivity index (χ1) is 32.5. The Morgan fingerprint density at radius 1 is 0.227 bits per heavy atom. The van der Waals surface area contributed by atoms with Gasteiger partial charge >= 0.3 is 0 Å². The fraction of sp³-hybridized carbons (Fsp3) is 0.0333. The van der Waals surface area contributed by atoms with E-state index in [1.54, 1.807) is 0 Å². The summed E-state index contributed by atoms with van der Waals surface area (Å²) in [4.78, 5) is 30.3. The number of rotatable bonds is 9. The van der Waals surface area contributed by atoms with Crippen LogP contribution in [0.2, 0.25) is 0 Å². The Balaban J connectivity index is 1.01. The zero-order chi connectivity index (χ0) is 44.4. The number of hydrogen-bond acceptors (Lipinski definition) is 6. The second kappa shape index (κ2) is 17.4. The van der Waals surface area contributed by atoms with E-state index in [4.69, 9.17) is 29.9 Å². The molecule has 0 aliphatic carbocycles. The maximum absolute atomic E-state index is 5.24. The van der Waals surface area contributed by atoms with Gasteiger partial charge in [0.15, 0.2) is 23.3 Å². The van der Waals surface area contributed by atoms with E-state index in [1.807, 2.05) is 66.7 Å². The number of aromatic nitrogens is 6. The summed E-state index contributed by atoms with van der Waals surface area (Å²) in [6.07, 6.45) is 0. The minimum atomic E-state index is 0.614. The van der Waals surface area contributed by atoms with Crippen molar-refractivity contribution >= 4 is 10.8 Å². The SMILES string of the molecule is Cc1cc(-c2cc(-c3ccc(-c4nc(-c5ccccc5)nc(-c5ccc6ccccc6c5)n4)cc3)ccc2-c2ccccc2-c2nc(-c3ccccc3)cc(-c3ccccc3)n2)cc(C)n1. The Kier molecular flexibility index (Phi) is 10.6. The Hall–Kier alpha value is -8.74. The van der Waals surface area contributed by atoms with E-state index < -0.39 is 0 Å². The topological polar surface area (TPSA) is 77.3 Å². The fourth-order valence-electron chi connectivity index (χ4n) is 8.67. The molecule has 0 fully saturated rings. The highest BCUT2D eigenvalue weighted by Gasteiger charge is 2.19. The van der Waals surface area contributed by atoms with Crippen LogP contribution >= 0.6 is 0 Å². The standard InChI is InChI=1S/C60H42N6/c1-39-34-50(35-40(2)61-39)54-37-48(32-33-52(54)51-24-14-15-25-53(51)60-62-55(43-17-6-3-7-18-43)38-56(63-60)44-19-8-4-9-20-44)42-26-29-46(30-27-42)58-64-57(45-21-10-5-11-22-45)65-59(66-58)49-31-28-41-16-12-13-23-47(41)36-49/h3-38H,1-2H3. The van der Waals surface area contributed by atoms with Crippen LogP contribution < -0.4 is 0 Å². The fourth-order valence-corrected chi connectivity index (χ4v) is 8.67. The second-order valence-electron chi connectivity index (χ2n) is 16.5. The molecule has 0 atom stereocenters. The third kappa shape index (κ3) is 8.15. The van der Waals surface area contributed by atoms with Crippen LogP contribution in [0.25, 0.3) is 112 Å². The third-order valence-electron chi connectivity index (χ3n) is 11.9. The molecule has 0 aliphatic heterocycles. The van der Waals surface area contributed by atoms with Gasteiger partial charge in [-0.1, -0.05) is 188 Å². The molecule has 0 saturated carbocycles. The third-order valence-corrected chi connectivity index (χ3v) is 11.9. The molecular weight excluding hydrogens is 805 g/mol. The van der Waals surface area contributed by atoms with Crippen molar-refractivity contribution in [2.24, 2.45) is 0 Å². The van der Waals surface area contributed by atoms with Gasteiger partial charge < -0.3 is 0 Å². The van der Waals surface area contributed by atoms with Crippen molar-refractivity contribution in [2.75, 3.05) is 0 Å². The zero-order valence-electron chi connectivity index (χ0n) is 36.5. The number of fused-ring (bicyclic) bond motifs is 1. The van der Waals surface area contributed by atoms with E-state index in [0.29, 0.717) is 23.3 Å². The summed E-state index contributed by atoms with van der Waals surface area (Å²) >= 11 is 0. The monoisotopic (exact) mass is 846 g/mol. The van der Waals surface area contributed by atoms with E-state index in [0.717, 1.165) is 94.9 Å². The molecule has 6 heteroatoms. The van der Waals surface area contributed by atoms with Crippen LogP contribution in [0, 0.1) is 13.8 Å². The van der Waals surface area contributed by atoms with Crippen LogP contribution in [0.3, 0.4) is 0 Å². The van der Waals surface area contributed by atoms with Crippen LogP contribution in [0.4, 0.5) is 0 Å². The first kappa shape index (κ1) is 40.1. The number of hydrogen-bond donors (Lipinski definition) is 0. The van der Waals surface area contributed by atoms with Gasteiger partial charge in [0.25, 0.3) is 0 Å². The first-order valence-electron chi connectivity index (χ1n) is 22.1. The molecule has 11 aromatic rings. The van der Waals surface area contributed by atoms with Gasteiger partial charge in [0, 0.05) is 44.8 Å². The molecule has 8 aromatic carbocycles.